The summed E-state index contributed by atoms with van der Waals surface area (Å²) < 4.78 is 15.6. The van der Waals surface area contributed by atoms with Gasteiger partial charge in [0.05, 0.1) is 33.0 Å². The third-order valence-electron chi connectivity index (χ3n) is 4.23. The van der Waals surface area contributed by atoms with Crippen LogP contribution in [0.3, 0.4) is 0 Å². The van der Waals surface area contributed by atoms with Crippen LogP contribution in [0.4, 0.5) is 0 Å². The first-order chi connectivity index (χ1) is 9.79. The average Bonchev–Trinajstić information content (AvgIpc) is 2.80. The van der Waals surface area contributed by atoms with Crippen LogP contribution in [-0.4, -0.2) is 58.0 Å². The molecule has 0 aromatic rings. The summed E-state index contributed by atoms with van der Waals surface area (Å²) in [7, 11) is 1.65. The molecule has 5 heteroatoms. The van der Waals surface area contributed by atoms with Crippen LogP contribution in [0.1, 0.15) is 32.1 Å². The zero-order chi connectivity index (χ0) is 14.2. The highest BCUT2D eigenvalue weighted by Crippen LogP contribution is 2.31. The highest BCUT2D eigenvalue weighted by Gasteiger charge is 2.36. The lowest BCUT2D eigenvalue weighted by molar-refractivity contribution is -0.125. The molecule has 0 aromatic carbocycles. The molecule has 5 nitrogen and oxygen atoms in total. The van der Waals surface area contributed by atoms with E-state index in [1.807, 2.05) is 0 Å². The molecule has 0 radical (unpaired) electrons. The second-order valence-corrected chi connectivity index (χ2v) is 5.74. The Morgan fingerprint density at radius 3 is 2.25 bits per heavy atom. The van der Waals surface area contributed by atoms with Gasteiger partial charge in [0.1, 0.15) is 5.78 Å². The molecule has 2 saturated heterocycles. The molecule has 116 valence electrons. The number of piperidine rings is 1. The van der Waals surface area contributed by atoms with Crippen molar-refractivity contribution in [2.75, 3.05) is 40.1 Å². The minimum atomic E-state index is 0.260. The van der Waals surface area contributed by atoms with E-state index in [0.717, 1.165) is 12.8 Å². The van der Waals surface area contributed by atoms with Gasteiger partial charge in [-0.3, -0.25) is 4.79 Å². The molecule has 0 spiro atoms. The Hall–Kier alpha value is -0.490. The lowest BCUT2D eigenvalue weighted by Crippen LogP contribution is -2.40. The van der Waals surface area contributed by atoms with E-state index in [-0.39, 0.29) is 5.92 Å². The molecular formula is C15H27NO4. The fourth-order valence-corrected chi connectivity index (χ4v) is 3.16. The minimum absolute atomic E-state index is 0.260. The van der Waals surface area contributed by atoms with Crippen molar-refractivity contribution >= 4 is 5.78 Å². The van der Waals surface area contributed by atoms with E-state index < -0.39 is 0 Å². The zero-order valence-electron chi connectivity index (χ0n) is 12.4. The second kappa shape index (κ2) is 8.72. The Bertz CT molecular complexity index is 286. The van der Waals surface area contributed by atoms with Crippen LogP contribution < -0.4 is 5.32 Å². The first-order valence-corrected chi connectivity index (χ1v) is 7.72. The number of Topliss-reactive ketones (excluding diaryl/α,β-unsaturated/α-hetero) is 1. The first-order valence-electron chi connectivity index (χ1n) is 7.72. The van der Waals surface area contributed by atoms with Crippen LogP contribution in [0, 0.1) is 5.92 Å². The molecule has 2 fully saturated rings. The maximum absolute atomic E-state index is 12.1. The topological polar surface area (TPSA) is 56.8 Å². The van der Waals surface area contributed by atoms with Gasteiger partial charge in [0.25, 0.3) is 0 Å². The largest absolute Gasteiger partial charge is 0.382 e. The fraction of sp³-hybridized carbons (Fsp3) is 0.933. The summed E-state index contributed by atoms with van der Waals surface area (Å²) in [6, 6.07) is 1.16. The fourth-order valence-electron chi connectivity index (χ4n) is 3.16. The van der Waals surface area contributed by atoms with E-state index >= 15 is 0 Å². The van der Waals surface area contributed by atoms with Gasteiger partial charge in [-0.15, -0.1) is 0 Å². The van der Waals surface area contributed by atoms with Crippen LogP contribution in [-0.2, 0) is 19.0 Å². The molecule has 0 aliphatic carbocycles. The molecular weight excluding hydrogens is 258 g/mol. The van der Waals surface area contributed by atoms with Crippen LogP contribution in [0.5, 0.6) is 0 Å². The predicted molar refractivity (Wildman–Crippen MR) is 75.8 cm³/mol. The molecule has 2 unspecified atom stereocenters. The van der Waals surface area contributed by atoms with Crippen LogP contribution >= 0.6 is 0 Å². The number of carbonyl (C=O) groups excluding carboxylic acids is 1. The van der Waals surface area contributed by atoms with Gasteiger partial charge in [-0.2, -0.15) is 0 Å². The van der Waals surface area contributed by atoms with Crippen molar-refractivity contribution in [1.82, 2.24) is 5.32 Å². The number of nitrogens with one attached hydrogen (secondary N) is 1. The molecule has 2 heterocycles. The molecule has 2 rings (SSSR count). The normalized spacial score (nSPS) is 28.8. The molecule has 20 heavy (non-hydrogen) atoms. The summed E-state index contributed by atoms with van der Waals surface area (Å²) in [6.07, 6.45) is 5.07. The number of hydrogen-bond donors (Lipinski definition) is 1. The average molecular weight is 285 g/mol. The first kappa shape index (κ1) is 15.9. The van der Waals surface area contributed by atoms with Crippen molar-refractivity contribution in [3.05, 3.63) is 0 Å². The Kier molecular flexibility index (Phi) is 6.93. The Morgan fingerprint density at radius 1 is 1.00 bits per heavy atom. The van der Waals surface area contributed by atoms with E-state index in [9.17, 15) is 4.79 Å². The smallest absolute Gasteiger partial charge is 0.138 e. The predicted octanol–water partition coefficient (Wildman–Crippen LogP) is 1.16. The molecule has 2 atom stereocenters. The highest BCUT2D eigenvalue weighted by atomic mass is 16.5. The summed E-state index contributed by atoms with van der Waals surface area (Å²) in [5, 5.41) is 3.57. The van der Waals surface area contributed by atoms with E-state index in [2.05, 4.69) is 5.32 Å². The number of ether oxygens (including phenoxy) is 3. The molecule has 0 amide bonds. The number of ketones is 1. The Balaban J connectivity index is 1.48. The van der Waals surface area contributed by atoms with Crippen molar-refractivity contribution in [3.8, 4) is 0 Å². The van der Waals surface area contributed by atoms with Crippen LogP contribution in [0.15, 0.2) is 0 Å². The zero-order valence-corrected chi connectivity index (χ0v) is 12.4. The maximum atomic E-state index is 12.1. The summed E-state index contributed by atoms with van der Waals surface area (Å²) in [4.78, 5) is 12.1. The molecule has 0 saturated carbocycles. The summed E-state index contributed by atoms with van der Waals surface area (Å²) in [6.45, 7) is 2.84. The maximum Gasteiger partial charge on any atom is 0.138 e. The third-order valence-corrected chi connectivity index (χ3v) is 4.23. The third kappa shape index (κ3) is 5.13. The van der Waals surface area contributed by atoms with Crippen molar-refractivity contribution in [1.29, 1.82) is 0 Å². The van der Waals surface area contributed by atoms with Crippen molar-refractivity contribution in [3.63, 3.8) is 0 Å². The highest BCUT2D eigenvalue weighted by molar-refractivity contribution is 5.81. The molecule has 0 aromatic heterocycles. The lowest BCUT2D eigenvalue weighted by Gasteiger charge is -2.28. The number of carbonyl (C=O) groups is 1. The summed E-state index contributed by atoms with van der Waals surface area (Å²) in [5.41, 5.74) is 0. The number of methoxy groups -OCH3 is 1. The minimum Gasteiger partial charge on any atom is -0.382 e. The van der Waals surface area contributed by atoms with Crippen LogP contribution in [0.25, 0.3) is 0 Å². The Morgan fingerprint density at radius 2 is 1.60 bits per heavy atom. The SMILES string of the molecule is COCCOCCOCCC(=O)C1CC2CCC(C1)N2. The van der Waals surface area contributed by atoms with Gasteiger partial charge in [0.2, 0.25) is 0 Å². The monoisotopic (exact) mass is 285 g/mol. The van der Waals surface area contributed by atoms with Crippen molar-refractivity contribution < 1.29 is 19.0 Å². The second-order valence-electron chi connectivity index (χ2n) is 5.74. The van der Waals surface area contributed by atoms with Gasteiger partial charge in [0, 0.05) is 31.5 Å². The molecule has 2 aliphatic rings. The summed E-state index contributed by atoms with van der Waals surface area (Å²) in [5.74, 6) is 0.638. The number of rotatable bonds is 10. The van der Waals surface area contributed by atoms with E-state index in [1.54, 1.807) is 7.11 Å². The van der Waals surface area contributed by atoms with Crippen LogP contribution in [0.2, 0.25) is 0 Å². The van der Waals surface area contributed by atoms with Gasteiger partial charge in [0.15, 0.2) is 0 Å². The number of hydrogen-bond acceptors (Lipinski definition) is 5. The number of fused-ring (bicyclic) bond motifs is 2. The Labute approximate surface area is 121 Å². The molecule has 2 aliphatic heterocycles. The summed E-state index contributed by atoms with van der Waals surface area (Å²) >= 11 is 0. The lowest BCUT2D eigenvalue weighted by atomic mass is 9.88. The standard InChI is InChI=1S/C15H27NO4/c1-18-6-7-20-9-8-19-5-4-15(17)12-10-13-2-3-14(11-12)16-13/h12-14,16H,2-11H2,1H3. The molecule has 1 N–H and O–H groups in total. The van der Waals surface area contributed by atoms with E-state index in [0.29, 0.717) is 57.3 Å². The van der Waals surface area contributed by atoms with Gasteiger partial charge in [-0.05, 0) is 25.7 Å². The quantitative estimate of drug-likeness (QED) is 0.610. The van der Waals surface area contributed by atoms with E-state index in [4.69, 9.17) is 14.2 Å². The van der Waals surface area contributed by atoms with Gasteiger partial charge >= 0.3 is 0 Å². The van der Waals surface area contributed by atoms with Gasteiger partial charge in [-0.1, -0.05) is 0 Å². The van der Waals surface area contributed by atoms with Crippen molar-refractivity contribution in [2.24, 2.45) is 5.92 Å². The van der Waals surface area contributed by atoms with E-state index in [1.165, 1.54) is 12.8 Å². The molecule has 2 bridgehead atoms. The van der Waals surface area contributed by atoms with Gasteiger partial charge in [-0.25, -0.2) is 0 Å². The van der Waals surface area contributed by atoms with Crippen molar-refractivity contribution in [2.45, 2.75) is 44.2 Å². The van der Waals surface area contributed by atoms with Gasteiger partial charge < -0.3 is 19.5 Å².